The molecule has 6 heteroatoms. The standard InChI is InChI=1S/C13H23N5O/c1-19-9-5-6-15-12-11(14)13(17-10-16-12)18-7-3-2-4-8-18/h10H,2-9,14H2,1H3,(H,15,16,17). The highest BCUT2D eigenvalue weighted by molar-refractivity contribution is 5.74. The van der Waals surface area contributed by atoms with Crippen molar-refractivity contribution in [1.29, 1.82) is 0 Å². The summed E-state index contributed by atoms with van der Waals surface area (Å²) in [6.45, 7) is 3.60. The third-order valence-corrected chi connectivity index (χ3v) is 3.34. The largest absolute Gasteiger partial charge is 0.393 e. The second-order valence-corrected chi connectivity index (χ2v) is 4.78. The number of aromatic nitrogens is 2. The molecule has 0 bridgehead atoms. The summed E-state index contributed by atoms with van der Waals surface area (Å²) in [5.74, 6) is 1.59. The monoisotopic (exact) mass is 265 g/mol. The summed E-state index contributed by atoms with van der Waals surface area (Å²) in [5, 5.41) is 3.24. The molecule has 2 rings (SSSR count). The quantitative estimate of drug-likeness (QED) is 0.759. The van der Waals surface area contributed by atoms with Gasteiger partial charge in [0.05, 0.1) is 0 Å². The smallest absolute Gasteiger partial charge is 0.157 e. The number of nitrogen functional groups attached to an aromatic ring is 1. The molecule has 1 aromatic heterocycles. The third kappa shape index (κ3) is 3.70. The molecule has 106 valence electrons. The molecule has 0 aliphatic carbocycles. The van der Waals surface area contributed by atoms with Crippen LogP contribution in [-0.4, -0.2) is 43.3 Å². The Balaban J connectivity index is 2.00. The molecule has 6 nitrogen and oxygen atoms in total. The Morgan fingerprint density at radius 2 is 2.11 bits per heavy atom. The fourth-order valence-corrected chi connectivity index (χ4v) is 2.31. The van der Waals surface area contributed by atoms with E-state index in [2.05, 4.69) is 20.2 Å². The zero-order chi connectivity index (χ0) is 13.5. The number of hydrogen-bond donors (Lipinski definition) is 2. The minimum atomic E-state index is 0.654. The van der Waals surface area contributed by atoms with Crippen LogP contribution in [0.1, 0.15) is 25.7 Å². The number of nitrogens with two attached hydrogens (primary N) is 1. The Bertz CT molecular complexity index is 393. The van der Waals surface area contributed by atoms with Gasteiger partial charge in [-0.05, 0) is 25.7 Å². The fraction of sp³-hybridized carbons (Fsp3) is 0.692. The highest BCUT2D eigenvalue weighted by Crippen LogP contribution is 2.28. The van der Waals surface area contributed by atoms with E-state index in [0.717, 1.165) is 44.3 Å². The summed E-state index contributed by atoms with van der Waals surface area (Å²) >= 11 is 0. The molecule has 0 radical (unpaired) electrons. The lowest BCUT2D eigenvalue weighted by molar-refractivity contribution is 0.198. The van der Waals surface area contributed by atoms with Crippen molar-refractivity contribution in [3.63, 3.8) is 0 Å². The number of ether oxygens (including phenoxy) is 1. The Labute approximate surface area is 114 Å². The van der Waals surface area contributed by atoms with Crippen LogP contribution in [0.2, 0.25) is 0 Å². The molecule has 1 fully saturated rings. The van der Waals surface area contributed by atoms with E-state index < -0.39 is 0 Å². The molecule has 1 aliphatic heterocycles. The van der Waals surface area contributed by atoms with Crippen molar-refractivity contribution in [2.45, 2.75) is 25.7 Å². The van der Waals surface area contributed by atoms with Gasteiger partial charge in [-0.2, -0.15) is 0 Å². The highest BCUT2D eigenvalue weighted by Gasteiger charge is 2.17. The molecule has 0 amide bonds. The average molecular weight is 265 g/mol. The molecule has 3 N–H and O–H groups in total. The molecule has 1 aliphatic rings. The van der Waals surface area contributed by atoms with Crippen molar-refractivity contribution in [2.75, 3.05) is 49.3 Å². The molecule has 0 unspecified atom stereocenters. The van der Waals surface area contributed by atoms with Crippen molar-refractivity contribution in [3.8, 4) is 0 Å². The van der Waals surface area contributed by atoms with Crippen LogP contribution in [0.15, 0.2) is 6.33 Å². The number of rotatable bonds is 6. The summed E-state index contributed by atoms with van der Waals surface area (Å²) in [6, 6.07) is 0. The van der Waals surface area contributed by atoms with E-state index in [1.807, 2.05) is 0 Å². The third-order valence-electron chi connectivity index (χ3n) is 3.34. The number of methoxy groups -OCH3 is 1. The molecule has 0 spiro atoms. The molecule has 0 saturated carbocycles. The lowest BCUT2D eigenvalue weighted by Gasteiger charge is -2.28. The van der Waals surface area contributed by atoms with Gasteiger partial charge >= 0.3 is 0 Å². The van der Waals surface area contributed by atoms with E-state index in [-0.39, 0.29) is 0 Å². The van der Waals surface area contributed by atoms with Crippen molar-refractivity contribution >= 4 is 17.3 Å². The molecule has 0 aromatic carbocycles. The summed E-state index contributed by atoms with van der Waals surface area (Å²) < 4.78 is 5.02. The highest BCUT2D eigenvalue weighted by atomic mass is 16.5. The summed E-state index contributed by atoms with van der Waals surface area (Å²) in [4.78, 5) is 10.8. The molecule has 1 aromatic rings. The number of piperidine rings is 1. The van der Waals surface area contributed by atoms with Gasteiger partial charge in [0.15, 0.2) is 11.6 Å². The predicted octanol–water partition coefficient (Wildman–Crippen LogP) is 1.50. The molecule has 1 saturated heterocycles. The van der Waals surface area contributed by atoms with Gasteiger partial charge in [-0.25, -0.2) is 9.97 Å². The van der Waals surface area contributed by atoms with Crippen molar-refractivity contribution in [1.82, 2.24) is 9.97 Å². The number of nitrogens with zero attached hydrogens (tertiary/aromatic N) is 3. The van der Waals surface area contributed by atoms with Crippen molar-refractivity contribution < 1.29 is 4.74 Å². The van der Waals surface area contributed by atoms with Gasteiger partial charge < -0.3 is 20.7 Å². The van der Waals surface area contributed by atoms with Crippen LogP contribution in [0.25, 0.3) is 0 Å². The normalized spacial score (nSPS) is 15.5. The lowest BCUT2D eigenvalue weighted by atomic mass is 10.1. The van der Waals surface area contributed by atoms with Crippen LogP contribution in [-0.2, 0) is 4.74 Å². The van der Waals surface area contributed by atoms with Crippen LogP contribution >= 0.6 is 0 Å². The van der Waals surface area contributed by atoms with Gasteiger partial charge in [-0.15, -0.1) is 0 Å². The first-order valence-electron chi connectivity index (χ1n) is 6.91. The summed E-state index contributed by atoms with van der Waals surface area (Å²) in [7, 11) is 1.70. The van der Waals surface area contributed by atoms with Gasteiger partial charge in [0.2, 0.25) is 0 Å². The van der Waals surface area contributed by atoms with Gasteiger partial charge in [0.1, 0.15) is 12.0 Å². The van der Waals surface area contributed by atoms with E-state index in [1.165, 1.54) is 19.3 Å². The second-order valence-electron chi connectivity index (χ2n) is 4.78. The van der Waals surface area contributed by atoms with Crippen LogP contribution < -0.4 is 16.0 Å². The maximum atomic E-state index is 6.17. The lowest BCUT2D eigenvalue weighted by Crippen LogP contribution is -2.31. The second kappa shape index (κ2) is 7.13. The summed E-state index contributed by atoms with van der Waals surface area (Å²) in [6.07, 6.45) is 6.22. The zero-order valence-electron chi connectivity index (χ0n) is 11.6. The first-order valence-corrected chi connectivity index (χ1v) is 6.91. The van der Waals surface area contributed by atoms with Gasteiger partial charge in [-0.1, -0.05) is 0 Å². The van der Waals surface area contributed by atoms with E-state index >= 15 is 0 Å². The Morgan fingerprint density at radius 1 is 1.32 bits per heavy atom. The first kappa shape index (κ1) is 13.9. The maximum absolute atomic E-state index is 6.17. The number of hydrogen-bond acceptors (Lipinski definition) is 6. The van der Waals surface area contributed by atoms with E-state index in [1.54, 1.807) is 13.4 Å². The molecule has 19 heavy (non-hydrogen) atoms. The molecular formula is C13H23N5O. The van der Waals surface area contributed by atoms with E-state index in [0.29, 0.717) is 5.69 Å². The van der Waals surface area contributed by atoms with Gasteiger partial charge in [-0.3, -0.25) is 0 Å². The topological polar surface area (TPSA) is 76.3 Å². The number of nitrogens with one attached hydrogen (secondary N) is 1. The first-order chi connectivity index (χ1) is 9.33. The van der Waals surface area contributed by atoms with Crippen LogP contribution in [0.4, 0.5) is 17.3 Å². The van der Waals surface area contributed by atoms with Crippen LogP contribution in [0.3, 0.4) is 0 Å². The van der Waals surface area contributed by atoms with Crippen molar-refractivity contribution in [3.05, 3.63) is 6.33 Å². The summed E-state index contributed by atoms with van der Waals surface area (Å²) in [5.41, 5.74) is 6.82. The minimum absolute atomic E-state index is 0.654. The van der Waals surface area contributed by atoms with E-state index in [9.17, 15) is 0 Å². The molecule has 0 atom stereocenters. The SMILES string of the molecule is COCCCNc1ncnc(N2CCCCC2)c1N. The molecule has 2 heterocycles. The Hall–Kier alpha value is -1.56. The van der Waals surface area contributed by atoms with Crippen LogP contribution in [0.5, 0.6) is 0 Å². The Kier molecular flexibility index (Phi) is 5.20. The van der Waals surface area contributed by atoms with Crippen LogP contribution in [0, 0.1) is 0 Å². The van der Waals surface area contributed by atoms with Gasteiger partial charge in [0.25, 0.3) is 0 Å². The minimum Gasteiger partial charge on any atom is -0.393 e. The average Bonchev–Trinajstić information content (AvgIpc) is 2.46. The van der Waals surface area contributed by atoms with Gasteiger partial charge in [0, 0.05) is 33.4 Å². The van der Waals surface area contributed by atoms with E-state index in [4.69, 9.17) is 10.5 Å². The fourth-order valence-electron chi connectivity index (χ4n) is 2.31. The zero-order valence-corrected chi connectivity index (χ0v) is 11.6. The van der Waals surface area contributed by atoms with Crippen molar-refractivity contribution in [2.24, 2.45) is 0 Å². The predicted molar refractivity (Wildman–Crippen MR) is 77.5 cm³/mol. The number of anilines is 3. The Morgan fingerprint density at radius 3 is 2.84 bits per heavy atom. The maximum Gasteiger partial charge on any atom is 0.157 e. The molecular weight excluding hydrogens is 242 g/mol.